The number of likely N-dealkylation sites (N-methyl/N-ethyl adjacent to an activating group) is 2. The third-order valence-corrected chi connectivity index (χ3v) is 3.88. The average molecular weight is 341 g/mol. The highest BCUT2D eigenvalue weighted by Crippen LogP contribution is 2.23. The van der Waals surface area contributed by atoms with E-state index in [1.807, 2.05) is 0 Å². The Labute approximate surface area is 137 Å². The first-order valence-corrected chi connectivity index (χ1v) is 7.09. The topological polar surface area (TPSA) is 79.0 Å². The molecular formula is C15H17F2N3O4. The van der Waals surface area contributed by atoms with E-state index in [1.165, 1.54) is 21.2 Å². The summed E-state index contributed by atoms with van der Waals surface area (Å²) in [5.74, 6) is -2.97. The lowest BCUT2D eigenvalue weighted by Crippen LogP contribution is -2.37. The van der Waals surface area contributed by atoms with Gasteiger partial charge in [0.1, 0.15) is 11.9 Å². The van der Waals surface area contributed by atoms with Crippen LogP contribution in [0.5, 0.6) is 5.75 Å². The van der Waals surface area contributed by atoms with Gasteiger partial charge in [-0.3, -0.25) is 14.5 Å². The van der Waals surface area contributed by atoms with Crippen molar-refractivity contribution in [2.24, 2.45) is 0 Å². The summed E-state index contributed by atoms with van der Waals surface area (Å²) in [6.45, 7) is -0.401. The normalized spacial score (nSPS) is 17.5. The fraction of sp³-hybridized carbons (Fsp3) is 0.400. The van der Waals surface area contributed by atoms with Gasteiger partial charge in [-0.25, -0.2) is 13.6 Å². The zero-order valence-electron chi connectivity index (χ0n) is 13.4. The van der Waals surface area contributed by atoms with Gasteiger partial charge in [0.2, 0.25) is 5.91 Å². The number of rotatable bonds is 5. The highest BCUT2D eigenvalue weighted by Gasteiger charge is 2.41. The molecule has 9 heteroatoms. The molecule has 1 fully saturated rings. The third-order valence-electron chi connectivity index (χ3n) is 3.88. The van der Waals surface area contributed by atoms with E-state index in [2.05, 4.69) is 5.32 Å². The number of hydrogen-bond acceptors (Lipinski definition) is 4. The summed E-state index contributed by atoms with van der Waals surface area (Å²) < 4.78 is 32.4. The van der Waals surface area contributed by atoms with Crippen molar-refractivity contribution in [3.63, 3.8) is 0 Å². The Morgan fingerprint density at radius 3 is 2.50 bits per heavy atom. The molecule has 130 valence electrons. The van der Waals surface area contributed by atoms with Crippen molar-refractivity contribution in [3.05, 3.63) is 29.3 Å². The molecule has 1 heterocycles. The molecule has 7 nitrogen and oxygen atoms in total. The van der Waals surface area contributed by atoms with Gasteiger partial charge in [-0.2, -0.15) is 0 Å². The second-order valence-electron chi connectivity index (χ2n) is 5.33. The van der Waals surface area contributed by atoms with Crippen LogP contribution in [-0.4, -0.2) is 54.9 Å². The molecule has 1 aliphatic rings. The highest BCUT2D eigenvalue weighted by molar-refractivity contribution is 6.05. The van der Waals surface area contributed by atoms with Crippen molar-refractivity contribution in [1.29, 1.82) is 0 Å². The predicted molar refractivity (Wildman–Crippen MR) is 79.1 cm³/mol. The Morgan fingerprint density at radius 1 is 1.29 bits per heavy atom. The minimum absolute atomic E-state index is 0.140. The number of carbonyl (C=O) groups is 3. The van der Waals surface area contributed by atoms with Crippen molar-refractivity contribution in [2.75, 3.05) is 21.2 Å². The summed E-state index contributed by atoms with van der Waals surface area (Å²) in [7, 11) is 3.97. The van der Waals surface area contributed by atoms with E-state index in [9.17, 15) is 23.2 Å². The molecule has 1 unspecified atom stereocenters. The van der Waals surface area contributed by atoms with Gasteiger partial charge in [0, 0.05) is 26.2 Å². The lowest BCUT2D eigenvalue weighted by molar-refractivity contribution is -0.131. The number of imide groups is 1. The molecule has 0 bridgehead atoms. The number of nitrogens with zero attached hydrogens (tertiary/aromatic N) is 2. The fourth-order valence-electron chi connectivity index (χ4n) is 2.41. The molecule has 0 radical (unpaired) electrons. The standard InChI is InChI=1S/C15H17F2N3O4/c1-19-10(14(22)20(2)15(19)23)6-12(21)18-7-8-9(16)4-5-11(24-3)13(8)17/h4-5,10H,6-7H2,1-3H3,(H,18,21). The molecular weight excluding hydrogens is 324 g/mol. The van der Waals surface area contributed by atoms with Crippen molar-refractivity contribution in [1.82, 2.24) is 15.1 Å². The van der Waals surface area contributed by atoms with Gasteiger partial charge in [-0.05, 0) is 12.1 Å². The second-order valence-corrected chi connectivity index (χ2v) is 5.33. The lowest BCUT2D eigenvalue weighted by atomic mass is 10.1. The highest BCUT2D eigenvalue weighted by atomic mass is 19.1. The number of nitrogens with one attached hydrogen (secondary N) is 1. The van der Waals surface area contributed by atoms with Crippen LogP contribution in [-0.2, 0) is 16.1 Å². The number of halogens is 2. The summed E-state index contributed by atoms with van der Waals surface area (Å²) in [6.07, 6.45) is -0.293. The zero-order chi connectivity index (χ0) is 18.0. The first kappa shape index (κ1) is 17.6. The molecule has 0 spiro atoms. The number of urea groups is 1. The quantitative estimate of drug-likeness (QED) is 0.806. The summed E-state index contributed by atoms with van der Waals surface area (Å²) in [4.78, 5) is 37.5. The van der Waals surface area contributed by atoms with Crippen LogP contribution in [0.25, 0.3) is 0 Å². The molecule has 1 saturated heterocycles. The maximum atomic E-state index is 14.0. The van der Waals surface area contributed by atoms with E-state index in [0.717, 1.165) is 21.9 Å². The summed E-state index contributed by atoms with van der Waals surface area (Å²) >= 11 is 0. The van der Waals surface area contributed by atoms with Gasteiger partial charge in [0.15, 0.2) is 11.6 Å². The third kappa shape index (κ3) is 3.15. The average Bonchev–Trinajstić information content (AvgIpc) is 2.73. The van der Waals surface area contributed by atoms with Gasteiger partial charge in [0.25, 0.3) is 5.91 Å². The van der Waals surface area contributed by atoms with Gasteiger partial charge >= 0.3 is 6.03 Å². The van der Waals surface area contributed by atoms with Crippen LogP contribution < -0.4 is 10.1 Å². The molecule has 0 aromatic heterocycles. The first-order valence-electron chi connectivity index (χ1n) is 7.09. The van der Waals surface area contributed by atoms with E-state index in [-0.39, 0.29) is 17.7 Å². The molecule has 4 amide bonds. The zero-order valence-corrected chi connectivity index (χ0v) is 13.4. The van der Waals surface area contributed by atoms with Crippen molar-refractivity contribution in [2.45, 2.75) is 19.0 Å². The maximum absolute atomic E-state index is 14.0. The maximum Gasteiger partial charge on any atom is 0.326 e. The molecule has 0 aliphatic carbocycles. The van der Waals surface area contributed by atoms with Crippen LogP contribution in [0.4, 0.5) is 13.6 Å². The Hall–Kier alpha value is -2.71. The van der Waals surface area contributed by atoms with E-state index >= 15 is 0 Å². The number of benzene rings is 1. The monoisotopic (exact) mass is 341 g/mol. The SMILES string of the molecule is COc1ccc(F)c(CNC(=O)CC2C(=O)N(C)C(=O)N2C)c1F. The summed E-state index contributed by atoms with van der Waals surface area (Å²) in [5, 5.41) is 2.35. The molecule has 0 saturated carbocycles. The van der Waals surface area contributed by atoms with Gasteiger partial charge < -0.3 is 15.0 Å². The van der Waals surface area contributed by atoms with Crippen LogP contribution in [0.15, 0.2) is 12.1 Å². The molecule has 1 atom stereocenters. The van der Waals surface area contributed by atoms with E-state index in [4.69, 9.17) is 4.74 Å². The molecule has 24 heavy (non-hydrogen) atoms. The van der Waals surface area contributed by atoms with Crippen LogP contribution >= 0.6 is 0 Å². The number of ether oxygens (including phenoxy) is 1. The number of hydrogen-bond donors (Lipinski definition) is 1. The van der Waals surface area contributed by atoms with Crippen LogP contribution in [0, 0.1) is 11.6 Å². The Kier molecular flexibility index (Phi) is 5.01. The Balaban J connectivity index is 2.02. The van der Waals surface area contributed by atoms with E-state index in [0.29, 0.717) is 0 Å². The minimum Gasteiger partial charge on any atom is -0.494 e. The minimum atomic E-state index is -0.928. The van der Waals surface area contributed by atoms with Crippen molar-refractivity contribution in [3.8, 4) is 5.75 Å². The van der Waals surface area contributed by atoms with Crippen LogP contribution in [0.3, 0.4) is 0 Å². The fourth-order valence-corrected chi connectivity index (χ4v) is 2.41. The van der Waals surface area contributed by atoms with Gasteiger partial charge in [0.05, 0.1) is 13.5 Å². The molecule has 1 aromatic carbocycles. The van der Waals surface area contributed by atoms with Gasteiger partial charge in [-0.1, -0.05) is 0 Å². The molecule has 1 N–H and O–H groups in total. The van der Waals surface area contributed by atoms with Gasteiger partial charge in [-0.15, -0.1) is 0 Å². The van der Waals surface area contributed by atoms with Crippen LogP contribution in [0.1, 0.15) is 12.0 Å². The second kappa shape index (κ2) is 6.81. The number of amides is 4. The van der Waals surface area contributed by atoms with Crippen LogP contribution in [0.2, 0.25) is 0 Å². The number of carbonyl (C=O) groups excluding carboxylic acids is 3. The number of methoxy groups -OCH3 is 1. The largest absolute Gasteiger partial charge is 0.494 e. The summed E-state index contributed by atoms with van der Waals surface area (Å²) in [6, 6.07) is 0.736. The summed E-state index contributed by atoms with van der Waals surface area (Å²) in [5.41, 5.74) is -0.345. The molecule has 2 rings (SSSR count). The lowest BCUT2D eigenvalue weighted by Gasteiger charge is -2.16. The molecule has 1 aromatic rings. The first-order chi connectivity index (χ1) is 11.3. The Bertz CT molecular complexity index is 696. The van der Waals surface area contributed by atoms with E-state index in [1.54, 1.807) is 0 Å². The smallest absolute Gasteiger partial charge is 0.326 e. The van der Waals surface area contributed by atoms with Crippen molar-refractivity contribution >= 4 is 17.8 Å². The molecule has 1 aliphatic heterocycles. The predicted octanol–water partition coefficient (Wildman–Crippen LogP) is 0.872. The Morgan fingerprint density at radius 2 is 1.96 bits per heavy atom. The van der Waals surface area contributed by atoms with Crippen molar-refractivity contribution < 1.29 is 27.9 Å². The van der Waals surface area contributed by atoms with E-state index < -0.39 is 42.1 Å².